The number of aliphatic carboxylic acids is 1. The van der Waals surface area contributed by atoms with Gasteiger partial charge in [0, 0.05) is 0 Å². The van der Waals surface area contributed by atoms with E-state index in [1.54, 1.807) is 36.9 Å². The van der Waals surface area contributed by atoms with Gasteiger partial charge in [0.1, 0.15) is 0 Å². The lowest BCUT2D eigenvalue weighted by atomic mass is 9.76. The molecule has 0 aliphatic carbocycles. The summed E-state index contributed by atoms with van der Waals surface area (Å²) >= 11 is 1.63. The summed E-state index contributed by atoms with van der Waals surface area (Å²) in [6, 6.07) is 7.10. The Morgan fingerprint density at radius 2 is 2.10 bits per heavy atom. The summed E-state index contributed by atoms with van der Waals surface area (Å²) in [6.07, 6.45) is 2.84. The zero-order valence-electron chi connectivity index (χ0n) is 12.7. The molecule has 0 radical (unpaired) electrons. The summed E-state index contributed by atoms with van der Waals surface area (Å²) in [6.45, 7) is 3.73. The van der Waals surface area contributed by atoms with Crippen LogP contribution >= 0.6 is 11.8 Å². The molecule has 0 aliphatic rings. The molecule has 0 aromatic heterocycles. The van der Waals surface area contributed by atoms with Gasteiger partial charge in [-0.1, -0.05) is 29.8 Å². The van der Waals surface area contributed by atoms with Crippen LogP contribution in [-0.2, 0) is 19.7 Å². The minimum atomic E-state index is -1.61. The van der Waals surface area contributed by atoms with Gasteiger partial charge in [0.2, 0.25) is 0 Å². The van der Waals surface area contributed by atoms with Gasteiger partial charge in [0.25, 0.3) is 0 Å². The molecule has 0 saturated heterocycles. The van der Waals surface area contributed by atoms with E-state index in [2.05, 4.69) is 0 Å². The van der Waals surface area contributed by atoms with Crippen molar-refractivity contribution in [1.29, 1.82) is 0 Å². The molecule has 1 aromatic carbocycles. The van der Waals surface area contributed by atoms with Crippen LogP contribution in [0, 0.1) is 6.92 Å². The lowest BCUT2D eigenvalue weighted by Gasteiger charge is -2.28. The Labute approximate surface area is 129 Å². The Morgan fingerprint density at radius 1 is 1.38 bits per heavy atom. The highest BCUT2D eigenvalue weighted by molar-refractivity contribution is 7.98. The van der Waals surface area contributed by atoms with E-state index in [0.29, 0.717) is 12.0 Å². The first-order valence-electron chi connectivity index (χ1n) is 6.95. The Bertz CT molecular complexity index is 501. The lowest BCUT2D eigenvalue weighted by Crippen LogP contribution is -2.45. The van der Waals surface area contributed by atoms with Crippen LogP contribution in [0.3, 0.4) is 0 Å². The molecule has 5 heteroatoms. The second-order valence-corrected chi connectivity index (χ2v) is 5.88. The molecule has 1 N–H and O–H groups in total. The monoisotopic (exact) mass is 310 g/mol. The summed E-state index contributed by atoms with van der Waals surface area (Å²) in [5, 5.41) is 9.76. The van der Waals surface area contributed by atoms with E-state index in [1.165, 1.54) is 0 Å². The minimum absolute atomic E-state index is 0.169. The molecule has 21 heavy (non-hydrogen) atoms. The first-order valence-corrected chi connectivity index (χ1v) is 8.35. The Kier molecular flexibility index (Phi) is 6.75. The Balaban J connectivity index is 3.29. The summed E-state index contributed by atoms with van der Waals surface area (Å²) in [4.78, 5) is 24.3. The molecular weight excluding hydrogens is 288 g/mol. The van der Waals surface area contributed by atoms with Gasteiger partial charge in [0.05, 0.1) is 6.61 Å². The highest BCUT2D eigenvalue weighted by Gasteiger charge is 2.48. The van der Waals surface area contributed by atoms with Gasteiger partial charge >= 0.3 is 11.9 Å². The van der Waals surface area contributed by atoms with Crippen molar-refractivity contribution < 1.29 is 19.4 Å². The maximum absolute atomic E-state index is 12.4. The number of carboxylic acids is 1. The van der Waals surface area contributed by atoms with E-state index >= 15 is 0 Å². The number of rotatable bonds is 8. The van der Waals surface area contributed by atoms with Crippen LogP contribution in [-0.4, -0.2) is 35.7 Å². The zero-order chi connectivity index (χ0) is 15.9. The largest absolute Gasteiger partial charge is 0.480 e. The maximum Gasteiger partial charge on any atom is 0.328 e. The molecule has 0 fully saturated rings. The van der Waals surface area contributed by atoms with E-state index in [4.69, 9.17) is 4.74 Å². The summed E-state index contributed by atoms with van der Waals surface area (Å²) in [5.41, 5.74) is -0.195. The van der Waals surface area contributed by atoms with Crippen LogP contribution < -0.4 is 0 Å². The molecule has 0 amide bonds. The number of carbonyl (C=O) groups is 2. The highest BCUT2D eigenvalue weighted by Crippen LogP contribution is 2.33. The average Bonchev–Trinajstić information content (AvgIpc) is 2.43. The smallest absolute Gasteiger partial charge is 0.328 e. The van der Waals surface area contributed by atoms with Gasteiger partial charge in [-0.2, -0.15) is 11.8 Å². The first kappa shape index (κ1) is 17.6. The molecular formula is C16H22O4S. The van der Waals surface area contributed by atoms with Crippen LogP contribution in [0.25, 0.3) is 0 Å². The Morgan fingerprint density at radius 3 is 2.62 bits per heavy atom. The van der Waals surface area contributed by atoms with Crippen LogP contribution in [0.2, 0.25) is 0 Å². The molecule has 0 aliphatic heterocycles. The number of thioether (sulfide) groups is 1. The normalized spacial score (nSPS) is 13.5. The minimum Gasteiger partial charge on any atom is -0.480 e. The third kappa shape index (κ3) is 4.00. The summed E-state index contributed by atoms with van der Waals surface area (Å²) in [5.74, 6) is -1.02. The Hall–Kier alpha value is -1.49. The van der Waals surface area contributed by atoms with E-state index in [9.17, 15) is 14.7 Å². The van der Waals surface area contributed by atoms with Crippen LogP contribution in [0.5, 0.6) is 0 Å². The number of benzene rings is 1. The predicted octanol–water partition coefficient (Wildman–Crippen LogP) is 3.02. The molecule has 0 spiro atoms. The third-order valence-electron chi connectivity index (χ3n) is 3.40. The highest BCUT2D eigenvalue weighted by atomic mass is 32.2. The molecule has 1 atom stereocenters. The summed E-state index contributed by atoms with van der Waals surface area (Å²) in [7, 11) is 0. The van der Waals surface area contributed by atoms with Crippen molar-refractivity contribution in [3.8, 4) is 0 Å². The molecule has 4 nitrogen and oxygen atoms in total. The van der Waals surface area contributed by atoms with E-state index in [0.717, 1.165) is 11.3 Å². The summed E-state index contributed by atoms with van der Waals surface area (Å²) < 4.78 is 5.07. The SMILES string of the molecule is CCOC(=O)C(CCCSC)(C(=O)O)c1cccc(C)c1. The van der Waals surface area contributed by atoms with E-state index in [-0.39, 0.29) is 13.0 Å². The molecule has 0 saturated carbocycles. The van der Waals surface area contributed by atoms with Crippen LogP contribution in [0.4, 0.5) is 0 Å². The first-order chi connectivity index (χ1) is 9.98. The molecule has 1 aromatic rings. The molecule has 0 bridgehead atoms. The van der Waals surface area contributed by atoms with Gasteiger partial charge in [-0.15, -0.1) is 0 Å². The van der Waals surface area contributed by atoms with Crippen LogP contribution in [0.1, 0.15) is 30.9 Å². The van der Waals surface area contributed by atoms with Gasteiger partial charge in [-0.3, -0.25) is 9.59 Å². The number of hydrogen-bond acceptors (Lipinski definition) is 4. The lowest BCUT2D eigenvalue weighted by molar-refractivity contribution is -0.162. The van der Waals surface area contributed by atoms with Crippen molar-refractivity contribution in [1.82, 2.24) is 0 Å². The van der Waals surface area contributed by atoms with Crippen molar-refractivity contribution in [2.24, 2.45) is 0 Å². The number of esters is 1. The fourth-order valence-corrected chi connectivity index (χ4v) is 2.76. The number of aryl methyl sites for hydroxylation is 1. The number of hydrogen-bond donors (Lipinski definition) is 1. The standard InChI is InChI=1S/C16H22O4S/c1-4-20-15(19)16(14(17)18,9-6-10-21-3)13-8-5-7-12(2)11-13/h5,7-8,11H,4,6,9-10H2,1-3H3,(H,17,18). The number of ether oxygens (including phenoxy) is 1. The van der Waals surface area contributed by atoms with Crippen molar-refractivity contribution in [3.63, 3.8) is 0 Å². The third-order valence-corrected chi connectivity index (χ3v) is 4.10. The molecule has 116 valence electrons. The van der Waals surface area contributed by atoms with E-state index in [1.807, 2.05) is 19.2 Å². The van der Waals surface area contributed by atoms with Crippen LogP contribution in [0.15, 0.2) is 24.3 Å². The number of carboxylic acid groups (broad SMARTS) is 1. The van der Waals surface area contributed by atoms with Crippen molar-refractivity contribution in [3.05, 3.63) is 35.4 Å². The second kappa shape index (κ2) is 8.08. The van der Waals surface area contributed by atoms with Gasteiger partial charge in [-0.05, 0) is 44.3 Å². The topological polar surface area (TPSA) is 63.6 Å². The fraction of sp³-hybridized carbons (Fsp3) is 0.500. The van der Waals surface area contributed by atoms with Crippen molar-refractivity contribution in [2.75, 3.05) is 18.6 Å². The average molecular weight is 310 g/mol. The number of carbonyl (C=O) groups excluding carboxylic acids is 1. The van der Waals surface area contributed by atoms with Crippen molar-refractivity contribution >= 4 is 23.7 Å². The second-order valence-electron chi connectivity index (χ2n) is 4.90. The maximum atomic E-state index is 12.4. The van der Waals surface area contributed by atoms with Crippen molar-refractivity contribution in [2.45, 2.75) is 32.1 Å². The predicted molar refractivity (Wildman–Crippen MR) is 84.7 cm³/mol. The zero-order valence-corrected chi connectivity index (χ0v) is 13.5. The van der Waals surface area contributed by atoms with Gasteiger partial charge < -0.3 is 9.84 Å². The van der Waals surface area contributed by atoms with Gasteiger partial charge in [0.15, 0.2) is 5.41 Å². The quantitative estimate of drug-likeness (QED) is 0.454. The molecule has 1 unspecified atom stereocenters. The molecule has 0 heterocycles. The molecule has 1 rings (SSSR count). The van der Waals surface area contributed by atoms with E-state index < -0.39 is 17.4 Å². The van der Waals surface area contributed by atoms with Gasteiger partial charge in [-0.25, -0.2) is 0 Å². The fourth-order valence-electron chi connectivity index (χ4n) is 2.33.